The normalized spacial score (nSPS) is 16.4. The highest BCUT2D eigenvalue weighted by atomic mass is 14.7. The van der Waals surface area contributed by atoms with Gasteiger partial charge in [0, 0.05) is 6.21 Å². The van der Waals surface area contributed by atoms with E-state index >= 15 is 0 Å². The molecule has 1 heterocycles. The van der Waals surface area contributed by atoms with E-state index in [-0.39, 0.29) is 0 Å². The third-order valence-corrected chi connectivity index (χ3v) is 1.32. The Bertz CT molecular complexity index is 167. The Morgan fingerprint density at radius 1 is 1.56 bits per heavy atom. The van der Waals surface area contributed by atoms with Gasteiger partial charge < -0.3 is 0 Å². The summed E-state index contributed by atoms with van der Waals surface area (Å²) in [4.78, 5) is 4.11. The van der Waals surface area contributed by atoms with Crippen molar-refractivity contribution in [2.24, 2.45) is 4.99 Å². The van der Waals surface area contributed by atoms with Gasteiger partial charge in [0.15, 0.2) is 0 Å². The van der Waals surface area contributed by atoms with Crippen LogP contribution in [-0.4, -0.2) is 12.8 Å². The van der Waals surface area contributed by atoms with E-state index in [0.717, 1.165) is 6.54 Å². The van der Waals surface area contributed by atoms with Gasteiger partial charge in [-0.1, -0.05) is 17.7 Å². The highest BCUT2D eigenvalue weighted by Gasteiger charge is 1.92. The Hall–Kier alpha value is -0.850. The molecule has 9 heavy (non-hydrogen) atoms. The molecule has 0 aromatic carbocycles. The number of hydrogen-bond donors (Lipinski definition) is 0. The van der Waals surface area contributed by atoms with E-state index < -0.39 is 0 Å². The van der Waals surface area contributed by atoms with E-state index in [9.17, 15) is 0 Å². The van der Waals surface area contributed by atoms with Crippen LogP contribution in [0.15, 0.2) is 28.3 Å². The summed E-state index contributed by atoms with van der Waals surface area (Å²) in [5.41, 5.74) is 2.58. The van der Waals surface area contributed by atoms with Gasteiger partial charge in [0.1, 0.15) is 0 Å². The first kappa shape index (κ1) is 6.27. The summed E-state index contributed by atoms with van der Waals surface area (Å²) in [5.74, 6) is 0. The van der Waals surface area contributed by atoms with Crippen molar-refractivity contribution < 1.29 is 0 Å². The molecule has 0 saturated carbocycles. The maximum Gasteiger partial charge on any atom is 0.0573 e. The summed E-state index contributed by atoms with van der Waals surface area (Å²) in [6.07, 6.45) is 6.11. The second-order valence-electron chi connectivity index (χ2n) is 2.35. The third-order valence-electron chi connectivity index (χ3n) is 1.32. The van der Waals surface area contributed by atoms with Gasteiger partial charge in [0.05, 0.1) is 6.54 Å². The van der Waals surface area contributed by atoms with Gasteiger partial charge in [-0.2, -0.15) is 0 Å². The van der Waals surface area contributed by atoms with Gasteiger partial charge in [0.25, 0.3) is 0 Å². The molecule has 0 amide bonds. The summed E-state index contributed by atoms with van der Waals surface area (Å²) in [6, 6.07) is 0. The lowest BCUT2D eigenvalue weighted by Gasteiger charge is -2.00. The molecule has 0 spiro atoms. The van der Waals surface area contributed by atoms with Crippen LogP contribution in [0.1, 0.15) is 13.8 Å². The van der Waals surface area contributed by atoms with Crippen molar-refractivity contribution in [1.29, 1.82) is 0 Å². The predicted octanol–water partition coefficient (Wildman–Crippen LogP) is 1.96. The van der Waals surface area contributed by atoms with Crippen LogP contribution in [0.25, 0.3) is 0 Å². The van der Waals surface area contributed by atoms with Crippen molar-refractivity contribution >= 4 is 6.21 Å². The van der Waals surface area contributed by atoms with Crippen LogP contribution in [0.2, 0.25) is 0 Å². The lowest BCUT2D eigenvalue weighted by Crippen LogP contribution is -1.90. The van der Waals surface area contributed by atoms with Crippen molar-refractivity contribution in [1.82, 2.24) is 0 Å². The highest BCUT2D eigenvalue weighted by Crippen LogP contribution is 2.04. The van der Waals surface area contributed by atoms with E-state index in [2.05, 4.69) is 31.0 Å². The minimum absolute atomic E-state index is 0.844. The maximum absolute atomic E-state index is 4.11. The molecular weight excluding hydrogens is 110 g/mol. The van der Waals surface area contributed by atoms with Crippen LogP contribution in [0.4, 0.5) is 0 Å². The minimum Gasteiger partial charge on any atom is -0.288 e. The number of nitrogens with zero attached hydrogens (tertiary/aromatic N) is 1. The van der Waals surface area contributed by atoms with Crippen LogP contribution < -0.4 is 0 Å². The molecule has 1 aliphatic rings. The fourth-order valence-electron chi connectivity index (χ4n) is 0.730. The van der Waals surface area contributed by atoms with E-state index in [0.29, 0.717) is 0 Å². The second-order valence-corrected chi connectivity index (χ2v) is 2.35. The van der Waals surface area contributed by atoms with E-state index in [1.807, 2.05) is 6.21 Å². The summed E-state index contributed by atoms with van der Waals surface area (Å²) in [7, 11) is 0. The fraction of sp³-hybridized carbons (Fsp3) is 0.375. The molecule has 0 unspecified atom stereocenters. The first-order valence-corrected chi connectivity index (χ1v) is 3.14. The Balaban J connectivity index is 2.83. The molecule has 0 bridgehead atoms. The molecule has 1 rings (SSSR count). The molecule has 0 aromatic rings. The average molecular weight is 121 g/mol. The van der Waals surface area contributed by atoms with Gasteiger partial charge in [-0.3, -0.25) is 4.99 Å². The molecule has 0 N–H and O–H groups in total. The molecule has 1 heteroatoms. The van der Waals surface area contributed by atoms with Gasteiger partial charge in [-0.05, 0) is 19.4 Å². The summed E-state index contributed by atoms with van der Waals surface area (Å²) >= 11 is 0. The molecule has 0 aliphatic carbocycles. The molecule has 48 valence electrons. The summed E-state index contributed by atoms with van der Waals surface area (Å²) in [6.45, 7) is 5.03. The third kappa shape index (κ3) is 1.53. The molecule has 0 fully saturated rings. The fourth-order valence-corrected chi connectivity index (χ4v) is 0.730. The first-order chi connectivity index (χ1) is 4.30. The topological polar surface area (TPSA) is 12.4 Å². The molecule has 0 atom stereocenters. The van der Waals surface area contributed by atoms with Crippen molar-refractivity contribution in [2.45, 2.75) is 13.8 Å². The smallest absolute Gasteiger partial charge is 0.0573 e. The first-order valence-electron chi connectivity index (χ1n) is 3.14. The highest BCUT2D eigenvalue weighted by molar-refractivity contribution is 5.84. The molecule has 0 saturated heterocycles. The Labute approximate surface area is 55.8 Å². The number of hydrogen-bond acceptors (Lipinski definition) is 1. The molecular formula is C8H11N. The van der Waals surface area contributed by atoms with Crippen molar-refractivity contribution in [3.05, 3.63) is 23.3 Å². The van der Waals surface area contributed by atoms with Crippen molar-refractivity contribution in [3.63, 3.8) is 0 Å². The minimum atomic E-state index is 0.844. The molecule has 1 aliphatic heterocycles. The van der Waals surface area contributed by atoms with E-state index in [1.165, 1.54) is 11.1 Å². The lowest BCUT2D eigenvalue weighted by atomic mass is 10.1. The largest absolute Gasteiger partial charge is 0.288 e. The molecule has 0 aromatic heterocycles. The SMILES string of the molecule is CC(C)=C1C=CCN=C1. The van der Waals surface area contributed by atoms with E-state index in [4.69, 9.17) is 0 Å². The van der Waals surface area contributed by atoms with Gasteiger partial charge >= 0.3 is 0 Å². The maximum atomic E-state index is 4.11. The van der Waals surface area contributed by atoms with Crippen molar-refractivity contribution in [3.8, 4) is 0 Å². The van der Waals surface area contributed by atoms with Gasteiger partial charge in [0.2, 0.25) is 0 Å². The van der Waals surface area contributed by atoms with Gasteiger partial charge in [-0.15, -0.1) is 0 Å². The monoisotopic (exact) mass is 121 g/mol. The Kier molecular flexibility index (Phi) is 1.83. The van der Waals surface area contributed by atoms with E-state index in [1.54, 1.807) is 0 Å². The van der Waals surface area contributed by atoms with Crippen molar-refractivity contribution in [2.75, 3.05) is 6.54 Å². The van der Waals surface area contributed by atoms with Crippen LogP contribution >= 0.6 is 0 Å². The zero-order chi connectivity index (χ0) is 6.69. The predicted molar refractivity (Wildman–Crippen MR) is 40.9 cm³/mol. The number of allylic oxidation sites excluding steroid dienone is 3. The number of dihydropyridines is 1. The lowest BCUT2D eigenvalue weighted by molar-refractivity contribution is 1.22. The van der Waals surface area contributed by atoms with Gasteiger partial charge in [-0.25, -0.2) is 0 Å². The molecule has 0 radical (unpaired) electrons. The van der Waals surface area contributed by atoms with Crippen LogP contribution in [0.3, 0.4) is 0 Å². The zero-order valence-electron chi connectivity index (χ0n) is 5.89. The average Bonchev–Trinajstić information content (AvgIpc) is 1.90. The Morgan fingerprint density at radius 3 is 2.67 bits per heavy atom. The Morgan fingerprint density at radius 2 is 2.33 bits per heavy atom. The number of aliphatic imine (C=N–C) groups is 1. The van der Waals surface area contributed by atoms with Crippen LogP contribution in [-0.2, 0) is 0 Å². The van der Waals surface area contributed by atoms with Crippen LogP contribution in [0, 0.1) is 0 Å². The van der Waals surface area contributed by atoms with Crippen LogP contribution in [0.5, 0.6) is 0 Å². The summed E-state index contributed by atoms with van der Waals surface area (Å²) in [5, 5.41) is 0. The zero-order valence-corrected chi connectivity index (χ0v) is 5.89. The second kappa shape index (κ2) is 2.62. The summed E-state index contributed by atoms with van der Waals surface area (Å²) < 4.78 is 0. The standard InChI is InChI=1S/C8H11N/c1-7(2)8-4-3-5-9-6-8/h3-4,6H,5H2,1-2H3. The number of rotatable bonds is 0. The molecule has 1 nitrogen and oxygen atoms in total. The quantitative estimate of drug-likeness (QED) is 0.464.